The smallest absolute Gasteiger partial charge is 0.137 e. The fourth-order valence-electron chi connectivity index (χ4n) is 1.09. The third kappa shape index (κ3) is 4.92. The minimum atomic E-state index is 0.0299. The third-order valence-electron chi connectivity index (χ3n) is 1.77. The minimum Gasteiger partial charge on any atom is -0.489 e. The first kappa shape index (κ1) is 13.0. The van der Waals surface area contributed by atoms with E-state index in [1.807, 2.05) is 0 Å². The van der Waals surface area contributed by atoms with Crippen LogP contribution in [0.4, 0.5) is 0 Å². The standard InChI is InChI=1S/C11H21NO2/c1-4-7-12-10(5-2)11(6-3)14-9-8-13/h6,12-13H,3-5,7-9H2,1-2H3/b11-10-. The van der Waals surface area contributed by atoms with Gasteiger partial charge in [0.05, 0.1) is 12.3 Å². The van der Waals surface area contributed by atoms with Gasteiger partial charge in [-0.05, 0) is 18.9 Å². The van der Waals surface area contributed by atoms with Crippen molar-refractivity contribution in [2.75, 3.05) is 19.8 Å². The highest BCUT2D eigenvalue weighted by atomic mass is 16.5. The van der Waals surface area contributed by atoms with Crippen LogP contribution in [0.15, 0.2) is 24.1 Å². The van der Waals surface area contributed by atoms with Crippen molar-refractivity contribution < 1.29 is 9.84 Å². The molecule has 3 nitrogen and oxygen atoms in total. The highest BCUT2D eigenvalue weighted by molar-refractivity contribution is 5.16. The molecule has 0 radical (unpaired) electrons. The Labute approximate surface area is 86.5 Å². The molecule has 2 N–H and O–H groups in total. The predicted molar refractivity (Wildman–Crippen MR) is 58.8 cm³/mol. The van der Waals surface area contributed by atoms with Gasteiger partial charge >= 0.3 is 0 Å². The summed E-state index contributed by atoms with van der Waals surface area (Å²) in [4.78, 5) is 0. The Bertz CT molecular complexity index is 188. The molecule has 0 bridgehead atoms. The van der Waals surface area contributed by atoms with Crippen molar-refractivity contribution in [2.45, 2.75) is 26.7 Å². The Morgan fingerprint density at radius 1 is 1.50 bits per heavy atom. The predicted octanol–water partition coefficient (Wildman–Crippen LogP) is 1.80. The van der Waals surface area contributed by atoms with Gasteiger partial charge in [-0.25, -0.2) is 0 Å². The second-order valence-electron chi connectivity index (χ2n) is 2.90. The van der Waals surface area contributed by atoms with Gasteiger partial charge in [-0.15, -0.1) is 0 Å². The van der Waals surface area contributed by atoms with Crippen molar-refractivity contribution in [3.63, 3.8) is 0 Å². The van der Waals surface area contributed by atoms with Crippen LogP contribution in [-0.4, -0.2) is 24.9 Å². The lowest BCUT2D eigenvalue weighted by Crippen LogP contribution is -2.16. The number of aliphatic hydroxyl groups excluding tert-OH is 1. The van der Waals surface area contributed by atoms with Crippen LogP contribution in [0.25, 0.3) is 0 Å². The molecule has 3 heteroatoms. The molecule has 0 saturated carbocycles. The summed E-state index contributed by atoms with van der Waals surface area (Å²) in [6, 6.07) is 0. The molecular formula is C11H21NO2. The third-order valence-corrected chi connectivity index (χ3v) is 1.77. The van der Waals surface area contributed by atoms with E-state index in [4.69, 9.17) is 9.84 Å². The highest BCUT2D eigenvalue weighted by Gasteiger charge is 2.01. The Kier molecular flexibility index (Phi) is 8.04. The van der Waals surface area contributed by atoms with Gasteiger partial charge in [0.2, 0.25) is 0 Å². The Morgan fingerprint density at radius 3 is 2.64 bits per heavy atom. The number of allylic oxidation sites excluding steroid dienone is 2. The Balaban J connectivity index is 4.30. The molecule has 0 amide bonds. The summed E-state index contributed by atoms with van der Waals surface area (Å²) in [7, 11) is 0. The van der Waals surface area contributed by atoms with E-state index in [9.17, 15) is 0 Å². The quantitative estimate of drug-likeness (QED) is 0.462. The summed E-state index contributed by atoms with van der Waals surface area (Å²) >= 11 is 0. The fraction of sp³-hybridized carbons (Fsp3) is 0.636. The van der Waals surface area contributed by atoms with Gasteiger partial charge < -0.3 is 15.2 Å². The zero-order valence-corrected chi connectivity index (χ0v) is 9.18. The number of hydrogen-bond acceptors (Lipinski definition) is 3. The van der Waals surface area contributed by atoms with Crippen LogP contribution in [0.3, 0.4) is 0 Å². The summed E-state index contributed by atoms with van der Waals surface area (Å²) in [5.41, 5.74) is 1.05. The molecular weight excluding hydrogens is 178 g/mol. The van der Waals surface area contributed by atoms with Gasteiger partial charge in [0, 0.05) is 6.54 Å². The second-order valence-corrected chi connectivity index (χ2v) is 2.90. The Hall–Kier alpha value is -0.960. The van der Waals surface area contributed by atoms with Crippen molar-refractivity contribution in [2.24, 2.45) is 0 Å². The number of ether oxygens (including phenoxy) is 1. The molecule has 14 heavy (non-hydrogen) atoms. The number of hydrogen-bond donors (Lipinski definition) is 2. The van der Waals surface area contributed by atoms with Crippen LogP contribution in [-0.2, 0) is 4.74 Å². The topological polar surface area (TPSA) is 41.5 Å². The Morgan fingerprint density at radius 2 is 2.21 bits per heavy atom. The molecule has 0 rings (SSSR count). The highest BCUT2D eigenvalue weighted by Crippen LogP contribution is 2.08. The van der Waals surface area contributed by atoms with E-state index in [1.54, 1.807) is 6.08 Å². The molecule has 0 aromatic rings. The second kappa shape index (κ2) is 8.63. The molecule has 82 valence electrons. The van der Waals surface area contributed by atoms with E-state index >= 15 is 0 Å². The van der Waals surface area contributed by atoms with Crippen LogP contribution in [0.2, 0.25) is 0 Å². The maximum atomic E-state index is 8.64. The average molecular weight is 199 g/mol. The summed E-state index contributed by atoms with van der Waals surface area (Å²) in [5, 5.41) is 11.9. The molecule has 0 saturated heterocycles. The normalized spacial score (nSPS) is 11.9. The van der Waals surface area contributed by atoms with Crippen LogP contribution in [0.5, 0.6) is 0 Å². The van der Waals surface area contributed by atoms with Gasteiger partial charge in [0.25, 0.3) is 0 Å². The number of aliphatic hydroxyl groups is 1. The molecule has 0 heterocycles. The fourth-order valence-corrected chi connectivity index (χ4v) is 1.09. The van der Waals surface area contributed by atoms with Crippen molar-refractivity contribution in [1.29, 1.82) is 0 Å². The summed E-state index contributed by atoms with van der Waals surface area (Å²) in [6.45, 7) is 9.14. The van der Waals surface area contributed by atoms with Crippen LogP contribution < -0.4 is 5.32 Å². The SMILES string of the molecule is C=C/C(OCCO)=C(\CC)NCCC. The largest absolute Gasteiger partial charge is 0.489 e. The van der Waals surface area contributed by atoms with Gasteiger partial charge in [-0.1, -0.05) is 20.4 Å². The van der Waals surface area contributed by atoms with E-state index in [0.29, 0.717) is 6.61 Å². The van der Waals surface area contributed by atoms with Crippen molar-refractivity contribution in [1.82, 2.24) is 5.32 Å². The number of nitrogens with one attached hydrogen (secondary N) is 1. The van der Waals surface area contributed by atoms with E-state index in [-0.39, 0.29) is 6.61 Å². The van der Waals surface area contributed by atoms with Gasteiger partial charge in [-0.2, -0.15) is 0 Å². The van der Waals surface area contributed by atoms with Crippen LogP contribution in [0, 0.1) is 0 Å². The van der Waals surface area contributed by atoms with Gasteiger partial charge in [0.15, 0.2) is 0 Å². The summed E-state index contributed by atoms with van der Waals surface area (Å²) in [5.74, 6) is 0.745. The van der Waals surface area contributed by atoms with Crippen LogP contribution in [0.1, 0.15) is 26.7 Å². The molecule has 0 spiro atoms. The minimum absolute atomic E-state index is 0.0299. The maximum absolute atomic E-state index is 8.64. The van der Waals surface area contributed by atoms with E-state index in [0.717, 1.165) is 30.8 Å². The molecule has 0 aromatic heterocycles. The molecule has 0 fully saturated rings. The zero-order chi connectivity index (χ0) is 10.8. The zero-order valence-electron chi connectivity index (χ0n) is 9.18. The van der Waals surface area contributed by atoms with Crippen LogP contribution >= 0.6 is 0 Å². The number of rotatable bonds is 8. The van der Waals surface area contributed by atoms with Gasteiger partial charge in [-0.3, -0.25) is 0 Å². The first-order valence-corrected chi connectivity index (χ1v) is 5.13. The lowest BCUT2D eigenvalue weighted by molar-refractivity contribution is 0.149. The van der Waals surface area contributed by atoms with Crippen molar-refractivity contribution in [3.05, 3.63) is 24.1 Å². The lowest BCUT2D eigenvalue weighted by atomic mass is 10.2. The molecule has 0 unspecified atom stereocenters. The van der Waals surface area contributed by atoms with E-state index in [2.05, 4.69) is 25.7 Å². The molecule has 0 atom stereocenters. The first-order valence-electron chi connectivity index (χ1n) is 5.13. The van der Waals surface area contributed by atoms with Gasteiger partial charge in [0.1, 0.15) is 12.4 Å². The lowest BCUT2D eigenvalue weighted by Gasteiger charge is -2.13. The molecule has 0 aliphatic carbocycles. The average Bonchev–Trinajstić information content (AvgIpc) is 2.23. The van der Waals surface area contributed by atoms with Crippen molar-refractivity contribution in [3.8, 4) is 0 Å². The van der Waals surface area contributed by atoms with E-state index < -0.39 is 0 Å². The first-order chi connectivity index (χ1) is 6.79. The summed E-state index contributed by atoms with van der Waals surface area (Å²) in [6.07, 6.45) is 3.64. The monoisotopic (exact) mass is 199 g/mol. The summed E-state index contributed by atoms with van der Waals surface area (Å²) < 4.78 is 5.34. The molecule has 0 aromatic carbocycles. The molecule has 0 aliphatic rings. The maximum Gasteiger partial charge on any atom is 0.137 e. The van der Waals surface area contributed by atoms with E-state index in [1.165, 1.54) is 0 Å². The van der Waals surface area contributed by atoms with Crippen molar-refractivity contribution >= 4 is 0 Å². The molecule has 0 aliphatic heterocycles.